The van der Waals surface area contributed by atoms with Crippen molar-refractivity contribution in [3.8, 4) is 0 Å². The highest BCUT2D eigenvalue weighted by Gasteiger charge is 2.30. The van der Waals surface area contributed by atoms with Crippen molar-refractivity contribution >= 4 is 28.6 Å². The molecular weight excluding hydrogens is 355 g/mol. The first-order chi connectivity index (χ1) is 12.3. The number of rotatable bonds is 3. The van der Waals surface area contributed by atoms with Gasteiger partial charge in [0, 0.05) is 11.3 Å². The number of nitrogens with zero attached hydrogens (tertiary/aromatic N) is 3. The fourth-order valence-corrected chi connectivity index (χ4v) is 2.00. The van der Waals surface area contributed by atoms with Gasteiger partial charge in [0.2, 0.25) is 0 Å². The molecule has 2 aromatic carbocycles. The van der Waals surface area contributed by atoms with Crippen molar-refractivity contribution in [2.24, 2.45) is 10.9 Å². The van der Waals surface area contributed by atoms with Crippen LogP contribution in [0.1, 0.15) is 11.1 Å². The summed E-state index contributed by atoms with van der Waals surface area (Å²) in [6, 6.07) is 8.71. The topological polar surface area (TPSA) is 116 Å². The molecule has 0 bridgehead atoms. The highest BCUT2D eigenvalue weighted by molar-refractivity contribution is 6.00. The third kappa shape index (κ3) is 3.88. The quantitative estimate of drug-likeness (QED) is 0.319. The minimum Gasteiger partial charge on any atom is -0.380 e. The van der Waals surface area contributed by atoms with E-state index in [-0.39, 0.29) is 11.5 Å². The SMILES string of the molecule is N/C(=N\OC(=O)Nc1cccc(C(F)(F)F)c1)c1ccc2nonc2c1. The zero-order valence-corrected chi connectivity index (χ0v) is 12.8. The molecule has 0 unspecified atom stereocenters. The second-order valence-corrected chi connectivity index (χ2v) is 5.03. The Balaban J connectivity index is 1.67. The molecule has 11 heteroatoms. The smallest absolute Gasteiger partial charge is 0.380 e. The van der Waals surface area contributed by atoms with Crippen molar-refractivity contribution in [3.63, 3.8) is 0 Å². The van der Waals surface area contributed by atoms with E-state index in [1.54, 1.807) is 12.1 Å². The van der Waals surface area contributed by atoms with Crippen molar-refractivity contribution in [2.75, 3.05) is 5.32 Å². The average molecular weight is 365 g/mol. The molecule has 1 amide bonds. The van der Waals surface area contributed by atoms with Crippen LogP contribution in [0.4, 0.5) is 23.7 Å². The van der Waals surface area contributed by atoms with Crippen LogP contribution < -0.4 is 11.1 Å². The summed E-state index contributed by atoms with van der Waals surface area (Å²) in [6.07, 6.45) is -5.63. The molecule has 0 spiro atoms. The minimum atomic E-state index is -4.53. The number of carbonyl (C=O) groups is 1. The van der Waals surface area contributed by atoms with Gasteiger partial charge in [-0.3, -0.25) is 10.2 Å². The Morgan fingerprint density at radius 2 is 1.92 bits per heavy atom. The van der Waals surface area contributed by atoms with Gasteiger partial charge in [-0.05, 0) is 46.7 Å². The first kappa shape index (κ1) is 17.2. The van der Waals surface area contributed by atoms with E-state index in [0.29, 0.717) is 16.6 Å². The molecule has 3 rings (SSSR count). The van der Waals surface area contributed by atoms with Gasteiger partial charge < -0.3 is 5.73 Å². The number of carbonyl (C=O) groups excluding carboxylic acids is 1. The molecule has 0 saturated carbocycles. The van der Waals surface area contributed by atoms with Crippen molar-refractivity contribution in [1.29, 1.82) is 0 Å². The van der Waals surface area contributed by atoms with Gasteiger partial charge in [-0.25, -0.2) is 9.42 Å². The second kappa shape index (κ2) is 6.70. The van der Waals surface area contributed by atoms with Crippen LogP contribution in [-0.2, 0) is 11.0 Å². The summed E-state index contributed by atoms with van der Waals surface area (Å²) in [5, 5.41) is 12.8. The van der Waals surface area contributed by atoms with Gasteiger partial charge in [0.15, 0.2) is 5.84 Å². The van der Waals surface area contributed by atoms with Crippen molar-refractivity contribution in [2.45, 2.75) is 6.18 Å². The molecule has 8 nitrogen and oxygen atoms in total. The summed E-state index contributed by atoms with van der Waals surface area (Å²) in [5.74, 6) is -0.144. The summed E-state index contributed by atoms with van der Waals surface area (Å²) >= 11 is 0. The van der Waals surface area contributed by atoms with E-state index in [1.807, 2.05) is 0 Å². The molecule has 0 saturated heterocycles. The van der Waals surface area contributed by atoms with E-state index in [1.165, 1.54) is 12.1 Å². The molecule has 0 aliphatic rings. The zero-order valence-electron chi connectivity index (χ0n) is 12.8. The maximum atomic E-state index is 12.6. The van der Waals surface area contributed by atoms with Gasteiger partial charge >= 0.3 is 12.3 Å². The number of hydrogen-bond donors (Lipinski definition) is 2. The lowest BCUT2D eigenvalue weighted by Crippen LogP contribution is -2.17. The van der Waals surface area contributed by atoms with E-state index in [0.717, 1.165) is 18.2 Å². The second-order valence-electron chi connectivity index (χ2n) is 5.03. The van der Waals surface area contributed by atoms with Crippen molar-refractivity contribution in [3.05, 3.63) is 53.6 Å². The van der Waals surface area contributed by atoms with E-state index < -0.39 is 17.8 Å². The number of alkyl halides is 3. The van der Waals surface area contributed by atoms with Crippen LogP contribution in [0.25, 0.3) is 11.0 Å². The molecule has 26 heavy (non-hydrogen) atoms. The fourth-order valence-electron chi connectivity index (χ4n) is 2.00. The molecule has 0 fully saturated rings. The number of fused-ring (bicyclic) bond motifs is 1. The number of anilines is 1. The first-order valence-electron chi connectivity index (χ1n) is 7.04. The summed E-state index contributed by atoms with van der Waals surface area (Å²) in [7, 11) is 0. The normalized spacial score (nSPS) is 12.2. The lowest BCUT2D eigenvalue weighted by molar-refractivity contribution is -0.137. The predicted molar refractivity (Wildman–Crippen MR) is 84.1 cm³/mol. The molecule has 0 aliphatic carbocycles. The molecule has 1 aromatic heterocycles. The Morgan fingerprint density at radius 1 is 1.15 bits per heavy atom. The van der Waals surface area contributed by atoms with E-state index >= 15 is 0 Å². The van der Waals surface area contributed by atoms with E-state index in [9.17, 15) is 18.0 Å². The lowest BCUT2D eigenvalue weighted by atomic mass is 10.2. The molecule has 0 radical (unpaired) electrons. The van der Waals surface area contributed by atoms with Gasteiger partial charge in [0.25, 0.3) is 0 Å². The average Bonchev–Trinajstić information content (AvgIpc) is 3.07. The third-order valence-electron chi connectivity index (χ3n) is 3.21. The maximum absolute atomic E-state index is 12.6. The van der Waals surface area contributed by atoms with Gasteiger partial charge in [0.1, 0.15) is 11.0 Å². The number of hydrogen-bond acceptors (Lipinski definition) is 6. The van der Waals surface area contributed by atoms with Crippen LogP contribution >= 0.6 is 0 Å². The third-order valence-corrected chi connectivity index (χ3v) is 3.21. The molecule has 1 heterocycles. The number of aromatic nitrogens is 2. The number of halogens is 3. The van der Waals surface area contributed by atoms with Crippen molar-refractivity contribution in [1.82, 2.24) is 10.3 Å². The lowest BCUT2D eigenvalue weighted by Gasteiger charge is -2.09. The van der Waals surface area contributed by atoms with Gasteiger partial charge in [-0.15, -0.1) is 0 Å². The fraction of sp³-hybridized carbons (Fsp3) is 0.0667. The standard InChI is InChI=1S/C15H10F3N5O3/c16-15(17,18)9-2-1-3-10(7-9)20-14(24)25-23-13(19)8-4-5-11-12(6-8)22-26-21-11/h1-7H,(H2,19,23)(H,20,24). The molecule has 3 aromatic rings. The predicted octanol–water partition coefficient (Wildman–Crippen LogP) is 3.11. The number of oxime groups is 1. The first-order valence-corrected chi connectivity index (χ1v) is 7.04. The number of amidine groups is 1. The monoisotopic (exact) mass is 365 g/mol. The zero-order chi connectivity index (χ0) is 18.7. The molecule has 134 valence electrons. The Labute approximate surface area is 143 Å². The Hall–Kier alpha value is -3.63. The van der Waals surface area contributed by atoms with Crippen LogP contribution in [0.3, 0.4) is 0 Å². The number of benzene rings is 2. The molecule has 0 aliphatic heterocycles. The Morgan fingerprint density at radius 3 is 2.69 bits per heavy atom. The number of nitrogens with two attached hydrogens (primary N) is 1. The van der Waals surface area contributed by atoms with Crippen LogP contribution in [-0.4, -0.2) is 22.2 Å². The minimum absolute atomic E-state index is 0.103. The van der Waals surface area contributed by atoms with E-state index in [4.69, 9.17) is 5.73 Å². The summed E-state index contributed by atoms with van der Waals surface area (Å²) < 4.78 is 42.4. The summed E-state index contributed by atoms with van der Waals surface area (Å²) in [4.78, 5) is 16.2. The van der Waals surface area contributed by atoms with Gasteiger partial charge in [0.05, 0.1) is 5.56 Å². The largest absolute Gasteiger partial charge is 0.437 e. The highest BCUT2D eigenvalue weighted by Crippen LogP contribution is 2.30. The summed E-state index contributed by atoms with van der Waals surface area (Å²) in [5.41, 5.74) is 6.00. The summed E-state index contributed by atoms with van der Waals surface area (Å²) in [6.45, 7) is 0. The van der Waals surface area contributed by atoms with E-state index in [2.05, 4.69) is 30.3 Å². The van der Waals surface area contributed by atoms with Crippen LogP contribution in [0.15, 0.2) is 52.2 Å². The maximum Gasteiger partial charge on any atom is 0.437 e. The Bertz CT molecular complexity index is 984. The number of amides is 1. The Kier molecular flexibility index (Phi) is 4.43. The molecule has 0 atom stereocenters. The van der Waals surface area contributed by atoms with Crippen molar-refractivity contribution < 1.29 is 27.4 Å². The highest BCUT2D eigenvalue weighted by atomic mass is 19.4. The van der Waals surface area contributed by atoms with Crippen LogP contribution in [0, 0.1) is 0 Å². The molecule has 3 N–H and O–H groups in total. The molecular formula is C15H10F3N5O3. The van der Waals surface area contributed by atoms with Gasteiger partial charge in [-0.1, -0.05) is 11.2 Å². The number of nitrogens with one attached hydrogen (secondary N) is 1. The van der Waals surface area contributed by atoms with Gasteiger partial charge in [-0.2, -0.15) is 13.2 Å². The van der Waals surface area contributed by atoms with Crippen LogP contribution in [0.5, 0.6) is 0 Å². The van der Waals surface area contributed by atoms with Crippen LogP contribution in [0.2, 0.25) is 0 Å².